The predicted molar refractivity (Wildman–Crippen MR) is 109 cm³/mol. The van der Waals surface area contributed by atoms with Gasteiger partial charge in [-0.25, -0.2) is 0 Å². The number of likely N-dealkylation sites (N-methyl/N-ethyl adjacent to an activating group) is 1. The summed E-state index contributed by atoms with van der Waals surface area (Å²) in [6.07, 6.45) is 2.05. The standard InChI is InChI=1S/C22H26N2O5/c1-24-9-8-15-11-19-21(29-13-28-19)22(27-3)20(15)18(24)12-16(23-25)10-14-4-6-17(26-2)7-5-14/h4-7,11,18,25H,8-10,12-13H2,1-3H3/t18-/m0/s1. The van der Waals surface area contributed by atoms with Gasteiger partial charge in [-0.15, -0.1) is 0 Å². The zero-order valence-electron chi connectivity index (χ0n) is 17.0. The van der Waals surface area contributed by atoms with Crippen molar-refractivity contribution in [2.75, 3.05) is 34.6 Å². The highest BCUT2D eigenvalue weighted by Crippen LogP contribution is 2.50. The molecule has 2 aromatic carbocycles. The lowest BCUT2D eigenvalue weighted by atomic mass is 9.87. The van der Waals surface area contributed by atoms with Crippen molar-refractivity contribution in [3.05, 3.63) is 47.0 Å². The van der Waals surface area contributed by atoms with Crippen LogP contribution < -0.4 is 18.9 Å². The maximum Gasteiger partial charge on any atom is 0.231 e. The van der Waals surface area contributed by atoms with Gasteiger partial charge < -0.3 is 24.2 Å². The lowest BCUT2D eigenvalue weighted by molar-refractivity contribution is 0.170. The Morgan fingerprint density at radius 2 is 2.00 bits per heavy atom. The van der Waals surface area contributed by atoms with Crippen molar-refractivity contribution >= 4 is 5.71 Å². The van der Waals surface area contributed by atoms with E-state index < -0.39 is 0 Å². The summed E-state index contributed by atoms with van der Waals surface area (Å²) in [5.74, 6) is 2.91. The van der Waals surface area contributed by atoms with Crippen LogP contribution in [0.25, 0.3) is 0 Å². The Labute approximate surface area is 170 Å². The molecule has 0 saturated carbocycles. The van der Waals surface area contributed by atoms with Crippen LogP contribution in [0.5, 0.6) is 23.0 Å². The quantitative estimate of drug-likeness (QED) is 0.457. The van der Waals surface area contributed by atoms with E-state index in [1.165, 1.54) is 5.56 Å². The average molecular weight is 398 g/mol. The third-order valence-corrected chi connectivity index (χ3v) is 5.68. The molecular formula is C22H26N2O5. The monoisotopic (exact) mass is 398 g/mol. The van der Waals surface area contributed by atoms with Gasteiger partial charge in [0.2, 0.25) is 12.5 Å². The van der Waals surface area contributed by atoms with Crippen molar-refractivity contribution in [2.45, 2.75) is 25.3 Å². The first-order valence-corrected chi connectivity index (χ1v) is 9.67. The summed E-state index contributed by atoms with van der Waals surface area (Å²) in [6.45, 7) is 1.11. The second-order valence-corrected chi connectivity index (χ2v) is 7.36. The molecule has 0 aliphatic carbocycles. The van der Waals surface area contributed by atoms with Crippen LogP contribution in [-0.4, -0.2) is 50.4 Å². The van der Waals surface area contributed by atoms with Gasteiger partial charge in [-0.2, -0.15) is 0 Å². The van der Waals surface area contributed by atoms with Crippen LogP contribution in [0.1, 0.15) is 29.2 Å². The molecule has 7 nitrogen and oxygen atoms in total. The van der Waals surface area contributed by atoms with Crippen LogP contribution in [-0.2, 0) is 12.8 Å². The van der Waals surface area contributed by atoms with Crippen LogP contribution in [0.3, 0.4) is 0 Å². The number of benzene rings is 2. The smallest absolute Gasteiger partial charge is 0.231 e. The van der Waals surface area contributed by atoms with E-state index in [9.17, 15) is 5.21 Å². The highest BCUT2D eigenvalue weighted by Gasteiger charge is 2.34. The summed E-state index contributed by atoms with van der Waals surface area (Å²) < 4.78 is 22.2. The molecule has 0 bridgehead atoms. The summed E-state index contributed by atoms with van der Waals surface area (Å²) in [7, 11) is 5.38. The van der Waals surface area contributed by atoms with Crippen LogP contribution in [0.2, 0.25) is 0 Å². The van der Waals surface area contributed by atoms with Crippen LogP contribution in [0.4, 0.5) is 0 Å². The molecule has 2 heterocycles. The third-order valence-electron chi connectivity index (χ3n) is 5.68. The third kappa shape index (κ3) is 3.70. The molecular weight excluding hydrogens is 372 g/mol. The fraction of sp³-hybridized carbons (Fsp3) is 0.409. The van der Waals surface area contributed by atoms with Crippen molar-refractivity contribution in [3.63, 3.8) is 0 Å². The molecule has 154 valence electrons. The van der Waals surface area contributed by atoms with Gasteiger partial charge in [0.15, 0.2) is 11.5 Å². The van der Waals surface area contributed by atoms with Gasteiger partial charge in [0, 0.05) is 31.0 Å². The highest BCUT2D eigenvalue weighted by molar-refractivity contribution is 5.87. The minimum absolute atomic E-state index is 0.0207. The van der Waals surface area contributed by atoms with E-state index in [1.54, 1.807) is 14.2 Å². The molecule has 2 aliphatic heterocycles. The van der Waals surface area contributed by atoms with Crippen molar-refractivity contribution in [1.29, 1.82) is 0 Å². The normalized spacial score (nSPS) is 18.4. The second-order valence-electron chi connectivity index (χ2n) is 7.36. The lowest BCUT2D eigenvalue weighted by Gasteiger charge is -2.36. The van der Waals surface area contributed by atoms with E-state index >= 15 is 0 Å². The molecule has 0 aromatic heterocycles. The Morgan fingerprint density at radius 1 is 1.21 bits per heavy atom. The van der Waals surface area contributed by atoms with Gasteiger partial charge in [-0.1, -0.05) is 17.3 Å². The van der Waals surface area contributed by atoms with Crippen LogP contribution in [0, 0.1) is 0 Å². The van der Waals surface area contributed by atoms with Crippen molar-refractivity contribution < 1.29 is 24.2 Å². The van der Waals surface area contributed by atoms with Gasteiger partial charge in [-0.05, 0) is 42.8 Å². The molecule has 0 radical (unpaired) electrons. The number of fused-ring (bicyclic) bond motifs is 2. The highest BCUT2D eigenvalue weighted by atomic mass is 16.7. The van der Waals surface area contributed by atoms with E-state index in [4.69, 9.17) is 18.9 Å². The fourth-order valence-electron chi connectivity index (χ4n) is 4.13. The van der Waals surface area contributed by atoms with Crippen molar-refractivity contribution in [2.24, 2.45) is 5.16 Å². The van der Waals surface area contributed by atoms with Gasteiger partial charge in [0.05, 0.1) is 19.9 Å². The van der Waals surface area contributed by atoms with E-state index in [0.29, 0.717) is 30.1 Å². The predicted octanol–water partition coefficient (Wildman–Crippen LogP) is 3.42. The second kappa shape index (κ2) is 8.21. The molecule has 7 heteroatoms. The molecule has 1 N–H and O–H groups in total. The molecule has 29 heavy (non-hydrogen) atoms. The van der Waals surface area contributed by atoms with Crippen LogP contribution >= 0.6 is 0 Å². The molecule has 0 spiro atoms. The van der Waals surface area contributed by atoms with Crippen molar-refractivity contribution in [1.82, 2.24) is 4.90 Å². The summed E-state index contributed by atoms with van der Waals surface area (Å²) in [5, 5.41) is 13.3. The number of ether oxygens (including phenoxy) is 4. The summed E-state index contributed by atoms with van der Waals surface area (Å²) in [6, 6.07) is 9.88. The summed E-state index contributed by atoms with van der Waals surface area (Å²) in [5.41, 5.74) is 4.05. The number of oxime groups is 1. The molecule has 2 aromatic rings. The number of methoxy groups -OCH3 is 2. The first kappa shape index (κ1) is 19.4. The first-order valence-electron chi connectivity index (χ1n) is 9.67. The number of rotatable bonds is 6. The van der Waals surface area contributed by atoms with E-state index in [-0.39, 0.29) is 12.8 Å². The Balaban J connectivity index is 1.63. The zero-order chi connectivity index (χ0) is 20.4. The maximum atomic E-state index is 9.70. The Kier molecular flexibility index (Phi) is 5.49. The summed E-state index contributed by atoms with van der Waals surface area (Å²) in [4.78, 5) is 2.27. The van der Waals surface area contributed by atoms with E-state index in [1.807, 2.05) is 24.3 Å². The molecule has 0 fully saturated rings. The molecule has 0 saturated heterocycles. The van der Waals surface area contributed by atoms with Gasteiger partial charge in [0.1, 0.15) is 5.75 Å². The van der Waals surface area contributed by atoms with Gasteiger partial charge >= 0.3 is 0 Å². The number of nitrogens with zero attached hydrogens (tertiary/aromatic N) is 2. The minimum atomic E-state index is 0.0207. The van der Waals surface area contributed by atoms with Gasteiger partial charge in [-0.3, -0.25) is 4.90 Å². The molecule has 0 unspecified atom stereocenters. The average Bonchev–Trinajstić information content (AvgIpc) is 3.22. The SMILES string of the molecule is COc1ccc(CC(C[C@H]2c3c(cc4c(c3OC)OCO4)CCN2C)=NO)cc1. The number of hydrogen-bond donors (Lipinski definition) is 1. The van der Waals surface area contributed by atoms with Crippen molar-refractivity contribution in [3.8, 4) is 23.0 Å². The van der Waals surface area contributed by atoms with E-state index in [2.05, 4.69) is 23.2 Å². The topological polar surface area (TPSA) is 72.8 Å². The molecule has 2 aliphatic rings. The first-order chi connectivity index (χ1) is 14.1. The van der Waals surface area contributed by atoms with E-state index in [0.717, 1.165) is 35.6 Å². The van der Waals surface area contributed by atoms with Gasteiger partial charge in [0.25, 0.3) is 0 Å². The zero-order valence-corrected chi connectivity index (χ0v) is 17.0. The fourth-order valence-corrected chi connectivity index (χ4v) is 4.13. The Hall–Kier alpha value is -2.93. The molecule has 1 atom stereocenters. The number of hydrogen-bond acceptors (Lipinski definition) is 7. The van der Waals surface area contributed by atoms with Crippen LogP contribution in [0.15, 0.2) is 35.5 Å². The minimum Gasteiger partial charge on any atom is -0.497 e. The maximum absolute atomic E-state index is 9.70. The molecule has 0 amide bonds. The lowest BCUT2D eigenvalue weighted by Crippen LogP contribution is -2.34. The Morgan fingerprint density at radius 3 is 2.69 bits per heavy atom. The molecule has 4 rings (SSSR count). The Bertz CT molecular complexity index is 910. The largest absolute Gasteiger partial charge is 0.497 e. The summed E-state index contributed by atoms with van der Waals surface area (Å²) >= 11 is 0.